The van der Waals surface area contributed by atoms with E-state index in [1.165, 1.54) is 5.56 Å². The van der Waals surface area contributed by atoms with Gasteiger partial charge >= 0.3 is 0 Å². The number of pyridine rings is 1. The predicted molar refractivity (Wildman–Crippen MR) is 72.5 cm³/mol. The van der Waals surface area contributed by atoms with E-state index in [0.29, 0.717) is 5.82 Å². The summed E-state index contributed by atoms with van der Waals surface area (Å²) in [5, 5.41) is 0. The van der Waals surface area contributed by atoms with Crippen molar-refractivity contribution in [1.82, 2.24) is 4.98 Å². The molecule has 3 nitrogen and oxygen atoms in total. The van der Waals surface area contributed by atoms with Gasteiger partial charge in [-0.1, -0.05) is 6.07 Å². The average molecular weight is 240 g/mol. The number of nitrogens with zero attached hydrogens (tertiary/aromatic N) is 1. The summed E-state index contributed by atoms with van der Waals surface area (Å²) in [5.41, 5.74) is 9.12. The highest BCUT2D eigenvalue weighted by Crippen LogP contribution is 2.37. The summed E-state index contributed by atoms with van der Waals surface area (Å²) >= 11 is 0. The van der Waals surface area contributed by atoms with Crippen molar-refractivity contribution in [2.45, 2.75) is 25.9 Å². The molecular weight excluding hydrogens is 224 g/mol. The van der Waals surface area contributed by atoms with Crippen LogP contribution in [0.5, 0.6) is 5.75 Å². The van der Waals surface area contributed by atoms with Crippen molar-refractivity contribution in [2.75, 3.05) is 5.73 Å². The molecule has 2 aromatic rings. The van der Waals surface area contributed by atoms with Crippen molar-refractivity contribution in [3.63, 3.8) is 0 Å². The van der Waals surface area contributed by atoms with Gasteiger partial charge in [0.05, 0.1) is 0 Å². The van der Waals surface area contributed by atoms with Crippen LogP contribution in [0.25, 0.3) is 11.1 Å². The molecular formula is C15H16N2O. The minimum atomic E-state index is -0.0990. The molecule has 1 aliphatic rings. The second kappa shape index (κ2) is 3.73. The van der Waals surface area contributed by atoms with Crippen molar-refractivity contribution in [2.24, 2.45) is 0 Å². The summed E-state index contributed by atoms with van der Waals surface area (Å²) in [6, 6.07) is 10.1. The number of aromatic nitrogens is 1. The van der Waals surface area contributed by atoms with Gasteiger partial charge in [-0.05, 0) is 54.8 Å². The summed E-state index contributed by atoms with van der Waals surface area (Å²) in [4.78, 5) is 4.01. The predicted octanol–water partition coefficient (Wildman–Crippen LogP) is 3.04. The van der Waals surface area contributed by atoms with E-state index in [9.17, 15) is 0 Å². The van der Waals surface area contributed by atoms with Crippen LogP contribution in [0.3, 0.4) is 0 Å². The van der Waals surface area contributed by atoms with Gasteiger partial charge in [-0.3, -0.25) is 0 Å². The van der Waals surface area contributed by atoms with E-state index in [2.05, 4.69) is 31.0 Å². The quantitative estimate of drug-likeness (QED) is 0.833. The van der Waals surface area contributed by atoms with Gasteiger partial charge in [-0.25, -0.2) is 4.98 Å². The zero-order valence-corrected chi connectivity index (χ0v) is 10.6. The second-order valence-corrected chi connectivity index (χ2v) is 5.33. The van der Waals surface area contributed by atoms with E-state index >= 15 is 0 Å². The molecule has 0 spiro atoms. The zero-order valence-electron chi connectivity index (χ0n) is 10.6. The van der Waals surface area contributed by atoms with Crippen LogP contribution >= 0.6 is 0 Å². The van der Waals surface area contributed by atoms with Crippen molar-refractivity contribution in [3.05, 3.63) is 42.1 Å². The molecule has 0 amide bonds. The van der Waals surface area contributed by atoms with Gasteiger partial charge in [0.1, 0.15) is 17.2 Å². The first-order chi connectivity index (χ1) is 8.53. The summed E-state index contributed by atoms with van der Waals surface area (Å²) in [5.74, 6) is 1.54. The average Bonchev–Trinajstić information content (AvgIpc) is 2.61. The number of fused-ring (bicyclic) bond motifs is 1. The monoisotopic (exact) mass is 240 g/mol. The number of nitrogens with two attached hydrogens (primary N) is 1. The topological polar surface area (TPSA) is 48.1 Å². The summed E-state index contributed by atoms with van der Waals surface area (Å²) in [6.07, 6.45) is 2.68. The van der Waals surface area contributed by atoms with E-state index in [-0.39, 0.29) is 5.60 Å². The van der Waals surface area contributed by atoms with E-state index in [4.69, 9.17) is 10.5 Å². The molecule has 92 valence electrons. The lowest BCUT2D eigenvalue weighted by Gasteiger charge is -2.16. The van der Waals surface area contributed by atoms with Crippen LogP contribution in [0.1, 0.15) is 19.4 Å². The maximum atomic E-state index is 5.87. The molecule has 0 unspecified atom stereocenters. The minimum Gasteiger partial charge on any atom is -0.487 e. The Hall–Kier alpha value is -2.03. The molecule has 0 saturated carbocycles. The van der Waals surface area contributed by atoms with Crippen LogP contribution in [-0.2, 0) is 6.42 Å². The van der Waals surface area contributed by atoms with Crippen LogP contribution in [0, 0.1) is 0 Å². The Morgan fingerprint density at radius 3 is 2.72 bits per heavy atom. The molecule has 2 heterocycles. The van der Waals surface area contributed by atoms with Crippen molar-refractivity contribution >= 4 is 5.82 Å². The summed E-state index contributed by atoms with van der Waals surface area (Å²) in [7, 11) is 0. The largest absolute Gasteiger partial charge is 0.487 e. The molecule has 2 N–H and O–H groups in total. The first-order valence-electron chi connectivity index (χ1n) is 6.07. The van der Waals surface area contributed by atoms with Crippen LogP contribution in [0.15, 0.2) is 36.5 Å². The van der Waals surface area contributed by atoms with E-state index in [1.807, 2.05) is 18.2 Å². The summed E-state index contributed by atoms with van der Waals surface area (Å²) < 4.78 is 5.87. The first kappa shape index (κ1) is 11.1. The number of anilines is 1. The molecule has 0 saturated heterocycles. The molecule has 1 aliphatic heterocycles. The van der Waals surface area contributed by atoms with Gasteiger partial charge in [0.25, 0.3) is 0 Å². The smallest absolute Gasteiger partial charge is 0.123 e. The van der Waals surface area contributed by atoms with Crippen LogP contribution in [0.2, 0.25) is 0 Å². The third-order valence-corrected chi connectivity index (χ3v) is 3.18. The normalized spacial score (nSPS) is 16.1. The Bertz CT molecular complexity index is 605. The van der Waals surface area contributed by atoms with E-state index in [0.717, 1.165) is 23.3 Å². The molecule has 0 aliphatic carbocycles. The zero-order chi connectivity index (χ0) is 12.8. The lowest BCUT2D eigenvalue weighted by atomic mass is 9.98. The molecule has 18 heavy (non-hydrogen) atoms. The first-order valence-corrected chi connectivity index (χ1v) is 6.07. The Morgan fingerprint density at radius 1 is 1.17 bits per heavy atom. The molecule has 0 bridgehead atoms. The van der Waals surface area contributed by atoms with Gasteiger partial charge in [0, 0.05) is 12.6 Å². The summed E-state index contributed by atoms with van der Waals surface area (Å²) in [6.45, 7) is 4.22. The van der Waals surface area contributed by atoms with Gasteiger partial charge in [-0.15, -0.1) is 0 Å². The number of ether oxygens (including phenoxy) is 1. The highest BCUT2D eigenvalue weighted by molar-refractivity contribution is 5.68. The number of hydrogen-bond donors (Lipinski definition) is 1. The Kier molecular flexibility index (Phi) is 2.30. The molecule has 3 heteroatoms. The number of benzene rings is 1. The third kappa shape index (κ3) is 1.92. The van der Waals surface area contributed by atoms with Crippen molar-refractivity contribution in [1.29, 1.82) is 0 Å². The van der Waals surface area contributed by atoms with Crippen LogP contribution < -0.4 is 10.5 Å². The SMILES string of the molecule is CC1(C)Cc2cc(-c3ccnc(N)c3)ccc2O1. The fraction of sp³-hybridized carbons (Fsp3) is 0.267. The fourth-order valence-electron chi connectivity index (χ4n) is 2.42. The molecule has 1 aromatic carbocycles. The Labute approximate surface area is 107 Å². The molecule has 3 rings (SSSR count). The standard InChI is InChI=1S/C15H16N2O/c1-15(2)9-12-7-10(3-4-13(12)18-15)11-5-6-17-14(16)8-11/h3-8H,9H2,1-2H3,(H2,16,17). The maximum Gasteiger partial charge on any atom is 0.123 e. The Balaban J connectivity index is 2.02. The molecule has 0 radical (unpaired) electrons. The van der Waals surface area contributed by atoms with Gasteiger partial charge < -0.3 is 10.5 Å². The minimum absolute atomic E-state index is 0.0990. The second-order valence-electron chi connectivity index (χ2n) is 5.33. The number of hydrogen-bond acceptors (Lipinski definition) is 3. The highest BCUT2D eigenvalue weighted by Gasteiger charge is 2.29. The Morgan fingerprint density at radius 2 is 1.94 bits per heavy atom. The highest BCUT2D eigenvalue weighted by atomic mass is 16.5. The lowest BCUT2D eigenvalue weighted by molar-refractivity contribution is 0.138. The van der Waals surface area contributed by atoms with Crippen LogP contribution in [-0.4, -0.2) is 10.6 Å². The third-order valence-electron chi connectivity index (χ3n) is 3.18. The molecule has 0 fully saturated rings. The van der Waals surface area contributed by atoms with E-state index in [1.54, 1.807) is 6.20 Å². The number of nitrogen functional groups attached to an aromatic ring is 1. The lowest BCUT2D eigenvalue weighted by Crippen LogP contribution is -2.24. The van der Waals surface area contributed by atoms with Gasteiger partial charge in [0.15, 0.2) is 0 Å². The van der Waals surface area contributed by atoms with E-state index < -0.39 is 0 Å². The number of rotatable bonds is 1. The maximum absolute atomic E-state index is 5.87. The molecule has 0 atom stereocenters. The van der Waals surface area contributed by atoms with Crippen molar-refractivity contribution in [3.8, 4) is 16.9 Å². The van der Waals surface area contributed by atoms with Crippen LogP contribution in [0.4, 0.5) is 5.82 Å². The van der Waals surface area contributed by atoms with Crippen molar-refractivity contribution < 1.29 is 4.74 Å². The fourth-order valence-corrected chi connectivity index (χ4v) is 2.42. The van der Waals surface area contributed by atoms with Gasteiger partial charge in [-0.2, -0.15) is 0 Å². The van der Waals surface area contributed by atoms with Gasteiger partial charge in [0.2, 0.25) is 0 Å². The molecule has 1 aromatic heterocycles.